The Hall–Kier alpha value is -1.24. The monoisotopic (exact) mass is 187 g/mol. The Kier molecular flexibility index (Phi) is 2.10. The summed E-state index contributed by atoms with van der Waals surface area (Å²) >= 11 is 0. The molecule has 0 amide bonds. The summed E-state index contributed by atoms with van der Waals surface area (Å²) in [6.45, 7) is 9.82. The predicted octanol–water partition coefficient (Wildman–Crippen LogP) is 3.59. The van der Waals surface area contributed by atoms with Crippen molar-refractivity contribution in [1.82, 2.24) is 4.57 Å². The van der Waals surface area contributed by atoms with Gasteiger partial charge in [0, 0.05) is 23.1 Å². The van der Waals surface area contributed by atoms with Gasteiger partial charge in [-0.3, -0.25) is 0 Å². The Morgan fingerprint density at radius 1 is 1.14 bits per heavy atom. The molecule has 0 fully saturated rings. The lowest BCUT2D eigenvalue weighted by atomic mass is 10.1. The molecule has 0 aliphatic rings. The van der Waals surface area contributed by atoms with Crippen molar-refractivity contribution in [2.45, 2.75) is 34.2 Å². The van der Waals surface area contributed by atoms with Crippen LogP contribution in [-0.4, -0.2) is 4.57 Å². The minimum absolute atomic E-state index is 1.05. The van der Waals surface area contributed by atoms with E-state index in [1.807, 2.05) is 0 Å². The normalized spacial score (nSPS) is 11.1. The van der Waals surface area contributed by atoms with Crippen molar-refractivity contribution in [3.63, 3.8) is 0 Å². The number of hydrogen-bond donors (Lipinski definition) is 0. The molecule has 2 aromatic rings. The summed E-state index contributed by atoms with van der Waals surface area (Å²) in [6, 6.07) is 6.70. The fraction of sp³-hybridized carbons (Fsp3) is 0.385. The van der Waals surface area contributed by atoms with Gasteiger partial charge >= 0.3 is 0 Å². The summed E-state index contributed by atoms with van der Waals surface area (Å²) < 4.78 is 2.38. The fourth-order valence-corrected chi connectivity index (χ4v) is 2.17. The molecular weight excluding hydrogens is 170 g/mol. The third-order valence-corrected chi connectivity index (χ3v) is 3.11. The number of nitrogens with zero attached hydrogens (tertiary/aromatic N) is 1. The molecule has 0 N–H and O–H groups in total. The fourth-order valence-electron chi connectivity index (χ4n) is 2.17. The van der Waals surface area contributed by atoms with E-state index >= 15 is 0 Å². The molecule has 0 aliphatic carbocycles. The summed E-state index contributed by atoms with van der Waals surface area (Å²) in [5.74, 6) is 0. The first-order valence-corrected chi connectivity index (χ1v) is 5.21. The van der Waals surface area contributed by atoms with E-state index in [0.29, 0.717) is 0 Å². The zero-order chi connectivity index (χ0) is 10.3. The van der Waals surface area contributed by atoms with E-state index in [-0.39, 0.29) is 0 Å². The highest BCUT2D eigenvalue weighted by Crippen LogP contribution is 2.25. The molecule has 0 radical (unpaired) electrons. The lowest BCUT2D eigenvalue weighted by Gasteiger charge is -2.03. The molecule has 0 unspecified atom stereocenters. The standard InChI is InChI=1S/C13H17N/c1-5-14-11(4)10(3)12-8-9(2)6-7-13(12)14/h6-8H,5H2,1-4H3. The van der Waals surface area contributed by atoms with Crippen LogP contribution in [0, 0.1) is 20.8 Å². The quantitative estimate of drug-likeness (QED) is 0.643. The van der Waals surface area contributed by atoms with Gasteiger partial charge in [0.15, 0.2) is 0 Å². The maximum absolute atomic E-state index is 2.38. The van der Waals surface area contributed by atoms with E-state index in [1.54, 1.807) is 0 Å². The molecule has 2 rings (SSSR count). The Morgan fingerprint density at radius 3 is 2.50 bits per heavy atom. The highest BCUT2D eigenvalue weighted by atomic mass is 15.0. The van der Waals surface area contributed by atoms with Gasteiger partial charge in [0.25, 0.3) is 0 Å². The van der Waals surface area contributed by atoms with E-state index in [1.165, 1.54) is 27.7 Å². The molecule has 1 nitrogen and oxygen atoms in total. The van der Waals surface area contributed by atoms with Crippen molar-refractivity contribution in [3.8, 4) is 0 Å². The number of aryl methyl sites for hydroxylation is 3. The lowest BCUT2D eigenvalue weighted by Crippen LogP contribution is -1.95. The molecule has 14 heavy (non-hydrogen) atoms. The lowest BCUT2D eigenvalue weighted by molar-refractivity contribution is 0.766. The smallest absolute Gasteiger partial charge is 0.0485 e. The van der Waals surface area contributed by atoms with Crippen LogP contribution in [0.25, 0.3) is 10.9 Å². The molecule has 0 aliphatic heterocycles. The Balaban J connectivity index is 2.88. The average Bonchev–Trinajstić information content (AvgIpc) is 2.41. The summed E-state index contributed by atoms with van der Waals surface area (Å²) in [5.41, 5.74) is 5.53. The van der Waals surface area contributed by atoms with Gasteiger partial charge in [-0.25, -0.2) is 0 Å². The van der Waals surface area contributed by atoms with Crippen LogP contribution in [0.1, 0.15) is 23.7 Å². The summed E-state index contributed by atoms with van der Waals surface area (Å²) in [5, 5.41) is 1.41. The number of rotatable bonds is 1. The van der Waals surface area contributed by atoms with Crippen molar-refractivity contribution >= 4 is 10.9 Å². The van der Waals surface area contributed by atoms with Gasteiger partial charge in [-0.2, -0.15) is 0 Å². The van der Waals surface area contributed by atoms with Crippen molar-refractivity contribution < 1.29 is 0 Å². The SMILES string of the molecule is CCn1c(C)c(C)c2cc(C)ccc21. The minimum Gasteiger partial charge on any atom is -0.345 e. The van der Waals surface area contributed by atoms with Gasteiger partial charge < -0.3 is 4.57 Å². The van der Waals surface area contributed by atoms with Crippen molar-refractivity contribution in [2.75, 3.05) is 0 Å². The van der Waals surface area contributed by atoms with E-state index in [4.69, 9.17) is 0 Å². The summed E-state index contributed by atoms with van der Waals surface area (Å²) in [6.07, 6.45) is 0. The Morgan fingerprint density at radius 2 is 1.86 bits per heavy atom. The highest BCUT2D eigenvalue weighted by molar-refractivity contribution is 5.85. The molecular formula is C13H17N. The number of hydrogen-bond acceptors (Lipinski definition) is 0. The maximum Gasteiger partial charge on any atom is 0.0485 e. The minimum atomic E-state index is 1.05. The van der Waals surface area contributed by atoms with Gasteiger partial charge in [0.05, 0.1) is 0 Å². The molecule has 74 valence electrons. The molecule has 1 aromatic carbocycles. The zero-order valence-electron chi connectivity index (χ0n) is 9.39. The van der Waals surface area contributed by atoms with Gasteiger partial charge in [0.2, 0.25) is 0 Å². The van der Waals surface area contributed by atoms with Gasteiger partial charge in [-0.1, -0.05) is 11.6 Å². The third-order valence-electron chi connectivity index (χ3n) is 3.11. The van der Waals surface area contributed by atoms with E-state index in [2.05, 4.69) is 50.5 Å². The van der Waals surface area contributed by atoms with Crippen molar-refractivity contribution in [3.05, 3.63) is 35.0 Å². The van der Waals surface area contributed by atoms with Crippen LogP contribution < -0.4 is 0 Å². The molecule has 0 spiro atoms. The van der Waals surface area contributed by atoms with Crippen LogP contribution in [0.2, 0.25) is 0 Å². The highest BCUT2D eigenvalue weighted by Gasteiger charge is 2.08. The van der Waals surface area contributed by atoms with Crippen LogP contribution in [0.5, 0.6) is 0 Å². The number of benzene rings is 1. The molecule has 0 saturated carbocycles. The predicted molar refractivity (Wildman–Crippen MR) is 61.8 cm³/mol. The van der Waals surface area contributed by atoms with Gasteiger partial charge in [-0.05, 0) is 45.4 Å². The van der Waals surface area contributed by atoms with Crippen molar-refractivity contribution in [2.24, 2.45) is 0 Å². The molecule has 0 bridgehead atoms. The van der Waals surface area contributed by atoms with E-state index in [0.717, 1.165) is 6.54 Å². The van der Waals surface area contributed by atoms with Crippen molar-refractivity contribution in [1.29, 1.82) is 0 Å². The third kappa shape index (κ3) is 1.16. The zero-order valence-corrected chi connectivity index (χ0v) is 9.39. The van der Waals surface area contributed by atoms with Crippen LogP contribution >= 0.6 is 0 Å². The topological polar surface area (TPSA) is 4.93 Å². The molecule has 1 aromatic heterocycles. The first kappa shape index (κ1) is 9.32. The molecule has 1 heteroatoms. The van der Waals surface area contributed by atoms with E-state index < -0.39 is 0 Å². The second kappa shape index (κ2) is 3.16. The number of fused-ring (bicyclic) bond motifs is 1. The second-order valence-electron chi connectivity index (χ2n) is 3.98. The maximum atomic E-state index is 2.38. The first-order chi connectivity index (χ1) is 6.65. The first-order valence-electron chi connectivity index (χ1n) is 5.21. The Labute approximate surface area is 85.4 Å². The average molecular weight is 187 g/mol. The largest absolute Gasteiger partial charge is 0.345 e. The second-order valence-corrected chi connectivity index (χ2v) is 3.98. The molecule has 0 saturated heterocycles. The summed E-state index contributed by atoms with van der Waals surface area (Å²) in [7, 11) is 0. The van der Waals surface area contributed by atoms with Crippen LogP contribution in [0.3, 0.4) is 0 Å². The van der Waals surface area contributed by atoms with Gasteiger partial charge in [0.1, 0.15) is 0 Å². The molecule has 1 heterocycles. The van der Waals surface area contributed by atoms with Crippen LogP contribution in [0.4, 0.5) is 0 Å². The Bertz CT molecular complexity index is 477. The van der Waals surface area contributed by atoms with Gasteiger partial charge in [-0.15, -0.1) is 0 Å². The van der Waals surface area contributed by atoms with Crippen LogP contribution in [0.15, 0.2) is 18.2 Å². The van der Waals surface area contributed by atoms with E-state index in [9.17, 15) is 0 Å². The molecule has 0 atom stereocenters. The summed E-state index contributed by atoms with van der Waals surface area (Å²) in [4.78, 5) is 0. The van der Waals surface area contributed by atoms with Crippen LogP contribution in [-0.2, 0) is 6.54 Å². The number of aromatic nitrogens is 1.